The Balaban J connectivity index is 3.07. The molecule has 0 saturated carbocycles. The van der Waals surface area contributed by atoms with Crippen molar-refractivity contribution in [2.45, 2.75) is 13.5 Å². The quantitative estimate of drug-likeness (QED) is 0.317. The molecule has 0 aromatic heterocycles. The fraction of sp³-hybridized carbons (Fsp3) is 0.222. The lowest BCUT2D eigenvalue weighted by Crippen LogP contribution is -1.92. The summed E-state index contributed by atoms with van der Waals surface area (Å²) in [7, 11) is 0. The van der Waals surface area contributed by atoms with Crippen molar-refractivity contribution in [2.24, 2.45) is 4.99 Å². The van der Waals surface area contributed by atoms with Gasteiger partial charge < -0.3 is 0 Å². The third-order valence-corrected chi connectivity index (χ3v) is 1.86. The average molecular weight is 192 g/mol. The number of isocyanates is 1. The van der Waals surface area contributed by atoms with Crippen molar-refractivity contribution >= 4 is 11.8 Å². The summed E-state index contributed by atoms with van der Waals surface area (Å²) in [5.74, 6) is 0. The summed E-state index contributed by atoms with van der Waals surface area (Å²) in [6.07, 6.45) is 1.40. The third-order valence-electron chi connectivity index (χ3n) is 1.86. The third kappa shape index (κ3) is 2.24. The first-order chi connectivity index (χ1) is 6.65. The number of hydrogen-bond acceptors (Lipinski definition) is 4. The molecule has 0 bridgehead atoms. The van der Waals surface area contributed by atoms with Crippen LogP contribution in [0.4, 0.5) is 5.69 Å². The molecular formula is C9H8N2O3. The topological polar surface area (TPSA) is 72.6 Å². The van der Waals surface area contributed by atoms with Gasteiger partial charge in [0, 0.05) is 12.1 Å². The highest BCUT2D eigenvalue weighted by Crippen LogP contribution is 2.17. The molecule has 0 radical (unpaired) electrons. The van der Waals surface area contributed by atoms with Crippen LogP contribution in [0.1, 0.15) is 11.1 Å². The van der Waals surface area contributed by atoms with Gasteiger partial charge in [0.2, 0.25) is 6.08 Å². The van der Waals surface area contributed by atoms with Gasteiger partial charge in [0.15, 0.2) is 0 Å². The number of non-ortho nitro benzene ring substituents is 1. The molecule has 0 aliphatic carbocycles. The number of nitrogens with zero attached hydrogens (tertiary/aromatic N) is 2. The highest BCUT2D eigenvalue weighted by molar-refractivity contribution is 5.40. The minimum Gasteiger partial charge on any atom is -0.258 e. The zero-order valence-corrected chi connectivity index (χ0v) is 7.56. The minimum atomic E-state index is -0.479. The molecule has 0 atom stereocenters. The Morgan fingerprint density at radius 3 is 2.86 bits per heavy atom. The second-order valence-electron chi connectivity index (χ2n) is 2.78. The maximum absolute atomic E-state index is 10.4. The summed E-state index contributed by atoms with van der Waals surface area (Å²) in [5.41, 5.74) is 1.55. The molecule has 1 aromatic rings. The first kappa shape index (κ1) is 10.1. The average Bonchev–Trinajstić information content (AvgIpc) is 2.16. The largest absolute Gasteiger partial charge is 0.269 e. The van der Waals surface area contributed by atoms with E-state index in [1.54, 1.807) is 13.0 Å². The van der Waals surface area contributed by atoms with Crippen LogP contribution in [0.2, 0.25) is 0 Å². The molecule has 0 fully saturated rings. The summed E-state index contributed by atoms with van der Waals surface area (Å²) in [6.45, 7) is 1.94. The van der Waals surface area contributed by atoms with E-state index < -0.39 is 4.92 Å². The molecule has 0 spiro atoms. The zero-order valence-electron chi connectivity index (χ0n) is 7.56. The molecule has 0 amide bonds. The van der Waals surface area contributed by atoms with Gasteiger partial charge in [-0.15, -0.1) is 0 Å². The van der Waals surface area contributed by atoms with Gasteiger partial charge in [0.25, 0.3) is 5.69 Å². The molecule has 0 unspecified atom stereocenters. The molecule has 1 rings (SSSR count). The van der Waals surface area contributed by atoms with Crippen LogP contribution in [0, 0.1) is 17.0 Å². The number of aryl methyl sites for hydroxylation is 1. The monoisotopic (exact) mass is 192 g/mol. The zero-order chi connectivity index (χ0) is 10.6. The van der Waals surface area contributed by atoms with Gasteiger partial charge in [-0.2, -0.15) is 0 Å². The van der Waals surface area contributed by atoms with E-state index in [4.69, 9.17) is 0 Å². The summed E-state index contributed by atoms with van der Waals surface area (Å²) < 4.78 is 0. The second kappa shape index (κ2) is 4.30. The molecule has 5 nitrogen and oxygen atoms in total. The molecule has 0 N–H and O–H groups in total. The summed E-state index contributed by atoms with van der Waals surface area (Å²) in [6, 6.07) is 4.47. The maximum atomic E-state index is 10.4. The Labute approximate surface area is 80.2 Å². The van der Waals surface area contributed by atoms with E-state index in [1.165, 1.54) is 18.2 Å². The Morgan fingerprint density at radius 1 is 1.57 bits per heavy atom. The number of aliphatic imine (C=N–C) groups is 1. The van der Waals surface area contributed by atoms with Crippen LogP contribution in [-0.4, -0.2) is 11.0 Å². The van der Waals surface area contributed by atoms with Gasteiger partial charge in [0.1, 0.15) is 0 Å². The molecule has 14 heavy (non-hydrogen) atoms. The predicted octanol–water partition coefficient (Wildman–Crippen LogP) is 1.74. The van der Waals surface area contributed by atoms with Crippen LogP contribution in [0.5, 0.6) is 0 Å². The molecule has 0 heterocycles. The van der Waals surface area contributed by atoms with Crippen molar-refractivity contribution in [3.8, 4) is 0 Å². The van der Waals surface area contributed by atoms with E-state index in [-0.39, 0.29) is 12.2 Å². The maximum Gasteiger partial charge on any atom is 0.269 e. The summed E-state index contributed by atoms with van der Waals surface area (Å²) in [5, 5.41) is 10.4. The SMILES string of the molecule is Cc1ccc([N+](=O)[O-])cc1CN=C=O. The number of carbonyl (C=O) groups excluding carboxylic acids is 1. The Hall–Kier alpha value is -2.00. The number of hydrogen-bond donors (Lipinski definition) is 0. The Kier molecular flexibility index (Phi) is 3.09. The van der Waals surface area contributed by atoms with Gasteiger partial charge in [-0.3, -0.25) is 10.1 Å². The lowest BCUT2D eigenvalue weighted by atomic mass is 10.1. The van der Waals surface area contributed by atoms with Crippen LogP contribution in [-0.2, 0) is 11.3 Å². The van der Waals surface area contributed by atoms with Crippen molar-refractivity contribution in [3.05, 3.63) is 39.4 Å². The molecule has 0 aliphatic heterocycles. The van der Waals surface area contributed by atoms with Crippen molar-refractivity contribution in [1.82, 2.24) is 0 Å². The Morgan fingerprint density at radius 2 is 2.29 bits per heavy atom. The number of rotatable bonds is 3. The lowest BCUT2D eigenvalue weighted by molar-refractivity contribution is -0.384. The fourth-order valence-electron chi connectivity index (χ4n) is 1.06. The first-order valence-corrected chi connectivity index (χ1v) is 3.92. The number of benzene rings is 1. The van der Waals surface area contributed by atoms with Gasteiger partial charge in [-0.25, -0.2) is 9.79 Å². The first-order valence-electron chi connectivity index (χ1n) is 3.92. The van der Waals surface area contributed by atoms with Crippen molar-refractivity contribution < 1.29 is 9.72 Å². The van der Waals surface area contributed by atoms with E-state index in [0.717, 1.165) is 5.56 Å². The van der Waals surface area contributed by atoms with E-state index in [2.05, 4.69) is 4.99 Å². The van der Waals surface area contributed by atoms with Gasteiger partial charge >= 0.3 is 0 Å². The molecule has 1 aromatic carbocycles. The predicted molar refractivity (Wildman–Crippen MR) is 49.7 cm³/mol. The van der Waals surface area contributed by atoms with Crippen LogP contribution < -0.4 is 0 Å². The van der Waals surface area contributed by atoms with E-state index in [0.29, 0.717) is 5.56 Å². The highest BCUT2D eigenvalue weighted by Gasteiger charge is 2.07. The normalized spacial score (nSPS) is 9.21. The number of nitro groups is 1. The van der Waals surface area contributed by atoms with Gasteiger partial charge in [-0.05, 0) is 18.1 Å². The molecule has 72 valence electrons. The van der Waals surface area contributed by atoms with Crippen molar-refractivity contribution in [2.75, 3.05) is 0 Å². The summed E-state index contributed by atoms with van der Waals surface area (Å²) >= 11 is 0. The highest BCUT2D eigenvalue weighted by atomic mass is 16.6. The smallest absolute Gasteiger partial charge is 0.258 e. The van der Waals surface area contributed by atoms with Crippen LogP contribution in [0.15, 0.2) is 23.2 Å². The van der Waals surface area contributed by atoms with Crippen LogP contribution in [0.25, 0.3) is 0 Å². The lowest BCUT2D eigenvalue weighted by Gasteiger charge is -2.00. The second-order valence-corrected chi connectivity index (χ2v) is 2.78. The molecular weight excluding hydrogens is 184 g/mol. The fourth-order valence-corrected chi connectivity index (χ4v) is 1.06. The van der Waals surface area contributed by atoms with Crippen molar-refractivity contribution in [1.29, 1.82) is 0 Å². The molecule has 0 saturated heterocycles. The van der Waals surface area contributed by atoms with Crippen LogP contribution >= 0.6 is 0 Å². The number of nitro benzene ring substituents is 1. The molecule has 0 aliphatic rings. The Bertz CT molecular complexity index is 409. The molecule has 5 heteroatoms. The van der Waals surface area contributed by atoms with E-state index >= 15 is 0 Å². The van der Waals surface area contributed by atoms with Crippen LogP contribution in [0.3, 0.4) is 0 Å². The van der Waals surface area contributed by atoms with Crippen molar-refractivity contribution in [3.63, 3.8) is 0 Å². The van der Waals surface area contributed by atoms with Gasteiger partial charge in [-0.1, -0.05) is 6.07 Å². The van der Waals surface area contributed by atoms with E-state index in [9.17, 15) is 14.9 Å². The summed E-state index contributed by atoms with van der Waals surface area (Å²) in [4.78, 5) is 23.2. The van der Waals surface area contributed by atoms with Gasteiger partial charge in [0.05, 0.1) is 11.5 Å². The van der Waals surface area contributed by atoms with E-state index in [1.807, 2.05) is 0 Å². The minimum absolute atomic E-state index is 0.00620. The standard InChI is InChI=1S/C9H8N2O3/c1-7-2-3-9(11(13)14)4-8(7)5-10-6-12/h2-4H,5H2,1H3.